The van der Waals surface area contributed by atoms with Crippen LogP contribution in [0.25, 0.3) is 11.5 Å². The normalized spacial score (nSPS) is 10.9. The second-order valence-corrected chi connectivity index (χ2v) is 4.66. The van der Waals surface area contributed by atoms with Gasteiger partial charge in [-0.05, 0) is 26.0 Å². The van der Waals surface area contributed by atoms with Gasteiger partial charge in [0.05, 0.1) is 21.7 Å². The van der Waals surface area contributed by atoms with E-state index in [9.17, 15) is 4.79 Å². The molecule has 7 heteroatoms. The fraction of sp³-hybridized carbons (Fsp3) is 0.273. The molecule has 0 unspecified atom stereocenters. The van der Waals surface area contributed by atoms with E-state index in [1.807, 2.05) is 13.8 Å². The van der Waals surface area contributed by atoms with Crippen LogP contribution >= 0.6 is 23.2 Å². The quantitative estimate of drug-likeness (QED) is 0.942. The summed E-state index contributed by atoms with van der Waals surface area (Å²) >= 11 is 12.0. The van der Waals surface area contributed by atoms with Gasteiger partial charge in [-0.1, -0.05) is 23.2 Å². The first-order chi connectivity index (χ1) is 8.47. The first kappa shape index (κ1) is 13.0. The summed E-state index contributed by atoms with van der Waals surface area (Å²) in [6.45, 7) is 3.75. The molecule has 1 aromatic heterocycles. The number of H-pyrrole nitrogens is 1. The highest BCUT2D eigenvalue weighted by Crippen LogP contribution is 2.36. The molecule has 5 nitrogen and oxygen atoms in total. The summed E-state index contributed by atoms with van der Waals surface area (Å²) in [7, 11) is 0. The van der Waals surface area contributed by atoms with E-state index in [0.29, 0.717) is 21.4 Å². The molecule has 0 atom stereocenters. The van der Waals surface area contributed by atoms with Crippen molar-refractivity contribution in [2.45, 2.75) is 20.0 Å². The maximum Gasteiger partial charge on any atom is 0.434 e. The van der Waals surface area contributed by atoms with Gasteiger partial charge in [0.15, 0.2) is 0 Å². The monoisotopic (exact) mass is 288 g/mol. The summed E-state index contributed by atoms with van der Waals surface area (Å²) in [6, 6.07) is 3.11. The third-order valence-corrected chi connectivity index (χ3v) is 2.66. The third-order valence-electron chi connectivity index (χ3n) is 2.05. The molecule has 0 saturated heterocycles. The minimum atomic E-state index is -0.651. The zero-order valence-corrected chi connectivity index (χ0v) is 11.2. The Kier molecular flexibility index (Phi) is 3.63. The van der Waals surface area contributed by atoms with Crippen LogP contribution < -0.4 is 10.5 Å². The van der Waals surface area contributed by atoms with Gasteiger partial charge in [-0.3, -0.25) is 0 Å². The van der Waals surface area contributed by atoms with Crippen molar-refractivity contribution in [3.8, 4) is 17.2 Å². The third kappa shape index (κ3) is 2.68. The molecule has 0 radical (unpaired) electrons. The lowest BCUT2D eigenvalue weighted by molar-refractivity contribution is 0.242. The van der Waals surface area contributed by atoms with E-state index in [1.165, 1.54) is 6.07 Å². The second-order valence-electron chi connectivity index (χ2n) is 3.85. The SMILES string of the molecule is CC(C)Oc1cc(-c2n[nH]c(=O)o2)c(Cl)cc1Cl. The lowest BCUT2D eigenvalue weighted by atomic mass is 10.2. The van der Waals surface area contributed by atoms with Gasteiger partial charge in [0.2, 0.25) is 0 Å². The van der Waals surface area contributed by atoms with E-state index in [4.69, 9.17) is 32.4 Å². The van der Waals surface area contributed by atoms with E-state index < -0.39 is 5.76 Å². The van der Waals surface area contributed by atoms with Crippen molar-refractivity contribution in [2.24, 2.45) is 0 Å². The average Bonchev–Trinajstić information content (AvgIpc) is 2.68. The minimum absolute atomic E-state index is 0.0392. The van der Waals surface area contributed by atoms with Gasteiger partial charge in [0, 0.05) is 0 Å². The predicted molar refractivity (Wildman–Crippen MR) is 68.3 cm³/mol. The van der Waals surface area contributed by atoms with Crippen molar-refractivity contribution in [1.82, 2.24) is 10.2 Å². The summed E-state index contributed by atoms with van der Waals surface area (Å²) in [5.74, 6) is -0.102. The van der Waals surface area contributed by atoms with Crippen LogP contribution in [0.5, 0.6) is 5.75 Å². The van der Waals surface area contributed by atoms with E-state index in [1.54, 1.807) is 6.07 Å². The van der Waals surface area contributed by atoms with Crippen molar-refractivity contribution in [3.05, 3.63) is 32.7 Å². The van der Waals surface area contributed by atoms with Crippen LogP contribution in [0, 0.1) is 0 Å². The van der Waals surface area contributed by atoms with Crippen LogP contribution in [0.15, 0.2) is 21.3 Å². The maximum atomic E-state index is 10.9. The van der Waals surface area contributed by atoms with Gasteiger partial charge in [0.1, 0.15) is 5.75 Å². The van der Waals surface area contributed by atoms with Crippen molar-refractivity contribution in [2.75, 3.05) is 0 Å². The molecular weight excluding hydrogens is 279 g/mol. The van der Waals surface area contributed by atoms with Crippen LogP contribution in [-0.4, -0.2) is 16.3 Å². The molecule has 0 aliphatic rings. The molecule has 0 aliphatic heterocycles. The molecule has 0 fully saturated rings. The number of nitrogens with one attached hydrogen (secondary N) is 1. The molecule has 0 bridgehead atoms. The number of hydrogen-bond acceptors (Lipinski definition) is 4. The Balaban J connectivity index is 2.50. The minimum Gasteiger partial charge on any atom is -0.489 e. The van der Waals surface area contributed by atoms with Crippen LogP contribution in [0.1, 0.15) is 13.8 Å². The zero-order chi connectivity index (χ0) is 13.3. The number of nitrogens with zero attached hydrogens (tertiary/aromatic N) is 1. The number of benzene rings is 1. The molecule has 1 heterocycles. The number of hydrogen-bond donors (Lipinski definition) is 1. The number of aromatic amines is 1. The van der Waals surface area contributed by atoms with Crippen molar-refractivity contribution in [3.63, 3.8) is 0 Å². The molecule has 0 amide bonds. The standard InChI is InChI=1S/C11H10Cl2N2O3/c1-5(2)17-9-3-6(7(12)4-8(9)13)10-14-15-11(16)18-10/h3-5H,1-2H3,(H,15,16). The highest BCUT2D eigenvalue weighted by molar-refractivity contribution is 6.37. The Labute approximate surface area is 113 Å². The lowest BCUT2D eigenvalue weighted by Gasteiger charge is -2.12. The molecule has 18 heavy (non-hydrogen) atoms. The van der Waals surface area contributed by atoms with Gasteiger partial charge in [0.25, 0.3) is 5.89 Å². The average molecular weight is 289 g/mol. The van der Waals surface area contributed by atoms with Crippen molar-refractivity contribution in [1.29, 1.82) is 0 Å². The molecule has 2 aromatic rings. The number of halogens is 2. The Bertz CT molecular complexity index is 619. The fourth-order valence-corrected chi connectivity index (χ4v) is 1.89. The van der Waals surface area contributed by atoms with Gasteiger partial charge < -0.3 is 9.15 Å². The summed E-state index contributed by atoms with van der Waals surface area (Å²) < 4.78 is 10.4. The summed E-state index contributed by atoms with van der Waals surface area (Å²) in [5, 5.41) is 6.58. The van der Waals surface area contributed by atoms with Crippen molar-refractivity contribution >= 4 is 23.2 Å². The number of ether oxygens (including phenoxy) is 1. The predicted octanol–water partition coefficient (Wildman–Crippen LogP) is 3.12. The zero-order valence-electron chi connectivity index (χ0n) is 9.66. The summed E-state index contributed by atoms with van der Waals surface area (Å²) in [5.41, 5.74) is 0.440. The van der Waals surface area contributed by atoms with Crippen molar-refractivity contribution < 1.29 is 9.15 Å². The highest BCUT2D eigenvalue weighted by Gasteiger charge is 2.15. The molecule has 1 aromatic carbocycles. The van der Waals surface area contributed by atoms with Gasteiger partial charge >= 0.3 is 5.76 Å². The van der Waals surface area contributed by atoms with Gasteiger partial charge in [-0.25, -0.2) is 9.89 Å². The van der Waals surface area contributed by atoms with Gasteiger partial charge in [-0.2, -0.15) is 0 Å². The summed E-state index contributed by atoms with van der Waals surface area (Å²) in [4.78, 5) is 10.9. The Morgan fingerprint density at radius 2 is 2.06 bits per heavy atom. The number of aromatic nitrogens is 2. The summed E-state index contributed by atoms with van der Waals surface area (Å²) in [6.07, 6.45) is -0.0392. The van der Waals surface area contributed by atoms with Crippen LogP contribution in [0.2, 0.25) is 10.0 Å². The largest absolute Gasteiger partial charge is 0.489 e. The fourth-order valence-electron chi connectivity index (χ4n) is 1.38. The lowest BCUT2D eigenvalue weighted by Crippen LogP contribution is -2.06. The molecule has 96 valence electrons. The van der Waals surface area contributed by atoms with Crippen LogP contribution in [-0.2, 0) is 0 Å². The second kappa shape index (κ2) is 5.04. The Morgan fingerprint density at radius 3 is 2.61 bits per heavy atom. The van der Waals surface area contributed by atoms with Gasteiger partial charge in [-0.15, -0.1) is 5.10 Å². The molecule has 0 aliphatic carbocycles. The molecular formula is C11H10Cl2N2O3. The molecule has 0 spiro atoms. The first-order valence-corrected chi connectivity index (χ1v) is 5.94. The first-order valence-electron chi connectivity index (χ1n) is 5.19. The molecule has 1 N–H and O–H groups in total. The Hall–Kier alpha value is -1.46. The molecule has 0 saturated carbocycles. The van der Waals surface area contributed by atoms with E-state index in [-0.39, 0.29) is 12.0 Å². The highest BCUT2D eigenvalue weighted by atomic mass is 35.5. The Morgan fingerprint density at radius 1 is 1.33 bits per heavy atom. The number of rotatable bonds is 3. The van der Waals surface area contributed by atoms with Crippen LogP contribution in [0.3, 0.4) is 0 Å². The topological polar surface area (TPSA) is 68.1 Å². The smallest absolute Gasteiger partial charge is 0.434 e. The van der Waals surface area contributed by atoms with E-state index >= 15 is 0 Å². The maximum absolute atomic E-state index is 10.9. The van der Waals surface area contributed by atoms with Crippen LogP contribution in [0.4, 0.5) is 0 Å². The molecule has 2 rings (SSSR count). The van der Waals surface area contributed by atoms with E-state index in [2.05, 4.69) is 10.2 Å². The van der Waals surface area contributed by atoms with E-state index in [0.717, 1.165) is 0 Å².